The van der Waals surface area contributed by atoms with Crippen molar-refractivity contribution < 1.29 is 32.2 Å². The lowest BCUT2D eigenvalue weighted by atomic mass is 10.0. The van der Waals surface area contributed by atoms with E-state index in [-0.39, 0.29) is 18.7 Å². The summed E-state index contributed by atoms with van der Waals surface area (Å²) < 4.78 is 55.9. The highest BCUT2D eigenvalue weighted by molar-refractivity contribution is 7.15. The molecule has 0 saturated heterocycles. The van der Waals surface area contributed by atoms with E-state index in [1.165, 1.54) is 23.5 Å². The van der Waals surface area contributed by atoms with Crippen molar-refractivity contribution >= 4 is 17.3 Å². The SMILES string of the molecule is C=CCC(Oc1ccc(CC(OCC)C(=O)OCC)c(C)c1)c1sc(-c2ccc(C(F)(F)F)cc2)nc1C. The molecule has 0 aliphatic carbocycles. The predicted octanol–water partition coefficient (Wildman–Crippen LogP) is 7.65. The Morgan fingerprint density at radius 2 is 1.82 bits per heavy atom. The van der Waals surface area contributed by atoms with Crippen LogP contribution in [0.4, 0.5) is 13.2 Å². The van der Waals surface area contributed by atoms with Gasteiger partial charge in [0, 0.05) is 25.0 Å². The average molecular weight is 548 g/mol. The molecule has 3 rings (SSSR count). The molecule has 1 aromatic heterocycles. The van der Waals surface area contributed by atoms with Gasteiger partial charge in [0.25, 0.3) is 0 Å². The lowest BCUT2D eigenvalue weighted by Crippen LogP contribution is -2.29. The second kappa shape index (κ2) is 13.1. The highest BCUT2D eigenvalue weighted by Crippen LogP contribution is 2.37. The Morgan fingerprint density at radius 1 is 1.11 bits per heavy atom. The lowest BCUT2D eigenvalue weighted by Gasteiger charge is -2.20. The third-order valence-corrected chi connectivity index (χ3v) is 7.18. The number of carbonyl (C=O) groups excluding carboxylic acids is 1. The molecule has 0 aliphatic heterocycles. The fraction of sp³-hybridized carbons (Fsp3) is 0.379. The molecule has 5 nitrogen and oxygen atoms in total. The summed E-state index contributed by atoms with van der Waals surface area (Å²) in [6.45, 7) is 11.9. The number of esters is 1. The third-order valence-electron chi connectivity index (χ3n) is 5.88. The first kappa shape index (κ1) is 29.4. The zero-order valence-corrected chi connectivity index (χ0v) is 22.7. The van der Waals surface area contributed by atoms with Crippen LogP contribution in [-0.2, 0) is 26.9 Å². The number of rotatable bonds is 12. The van der Waals surface area contributed by atoms with Crippen LogP contribution in [-0.4, -0.2) is 30.3 Å². The summed E-state index contributed by atoms with van der Waals surface area (Å²) in [5.41, 5.74) is 2.55. The van der Waals surface area contributed by atoms with Crippen molar-refractivity contribution in [3.63, 3.8) is 0 Å². The molecule has 9 heteroatoms. The lowest BCUT2D eigenvalue weighted by molar-refractivity contribution is -0.156. The quantitative estimate of drug-likeness (QED) is 0.172. The number of aromatic nitrogens is 1. The van der Waals surface area contributed by atoms with Crippen molar-refractivity contribution in [3.05, 3.63) is 82.4 Å². The average Bonchev–Trinajstić information content (AvgIpc) is 3.26. The minimum Gasteiger partial charge on any atom is -0.484 e. The summed E-state index contributed by atoms with van der Waals surface area (Å²) in [4.78, 5) is 17.7. The maximum atomic E-state index is 12.9. The summed E-state index contributed by atoms with van der Waals surface area (Å²) >= 11 is 1.39. The van der Waals surface area contributed by atoms with Gasteiger partial charge in [-0.15, -0.1) is 17.9 Å². The van der Waals surface area contributed by atoms with Gasteiger partial charge in [-0.3, -0.25) is 0 Å². The highest BCUT2D eigenvalue weighted by Gasteiger charge is 2.30. The Labute approximate surface area is 225 Å². The molecule has 0 N–H and O–H groups in total. The molecular weight excluding hydrogens is 515 g/mol. The van der Waals surface area contributed by atoms with Gasteiger partial charge in [-0.05, 0) is 63.1 Å². The normalized spacial score (nSPS) is 13.1. The molecule has 0 bridgehead atoms. The molecule has 1 heterocycles. The van der Waals surface area contributed by atoms with E-state index in [4.69, 9.17) is 14.2 Å². The number of carbonyl (C=O) groups is 1. The molecule has 0 aliphatic rings. The topological polar surface area (TPSA) is 57.7 Å². The van der Waals surface area contributed by atoms with E-state index in [9.17, 15) is 18.0 Å². The Kier molecular flexibility index (Phi) is 10.1. The van der Waals surface area contributed by atoms with E-state index in [1.807, 2.05) is 39.0 Å². The number of alkyl halides is 3. The first-order chi connectivity index (χ1) is 18.1. The van der Waals surface area contributed by atoms with Gasteiger partial charge in [0.05, 0.1) is 22.7 Å². The van der Waals surface area contributed by atoms with Gasteiger partial charge in [0.15, 0.2) is 6.10 Å². The van der Waals surface area contributed by atoms with Gasteiger partial charge in [0.1, 0.15) is 16.9 Å². The molecule has 0 fully saturated rings. The zero-order valence-electron chi connectivity index (χ0n) is 21.9. The molecule has 2 aromatic carbocycles. The summed E-state index contributed by atoms with van der Waals surface area (Å²) in [6.07, 6.45) is -2.77. The number of halogens is 3. The summed E-state index contributed by atoms with van der Waals surface area (Å²) in [7, 11) is 0. The third kappa shape index (κ3) is 7.45. The Morgan fingerprint density at radius 3 is 2.39 bits per heavy atom. The van der Waals surface area contributed by atoms with Crippen LogP contribution in [0.5, 0.6) is 5.75 Å². The van der Waals surface area contributed by atoms with E-state index in [2.05, 4.69) is 11.6 Å². The number of aryl methyl sites for hydroxylation is 2. The Balaban J connectivity index is 1.80. The van der Waals surface area contributed by atoms with Crippen LogP contribution in [0.2, 0.25) is 0 Å². The van der Waals surface area contributed by atoms with Crippen LogP contribution in [0.25, 0.3) is 10.6 Å². The van der Waals surface area contributed by atoms with Gasteiger partial charge < -0.3 is 14.2 Å². The number of hydrogen-bond donors (Lipinski definition) is 0. The smallest absolute Gasteiger partial charge is 0.416 e. The van der Waals surface area contributed by atoms with Crippen molar-refractivity contribution in [1.82, 2.24) is 4.98 Å². The van der Waals surface area contributed by atoms with Crippen LogP contribution in [0, 0.1) is 13.8 Å². The van der Waals surface area contributed by atoms with Crippen molar-refractivity contribution in [1.29, 1.82) is 0 Å². The maximum Gasteiger partial charge on any atom is 0.416 e. The largest absolute Gasteiger partial charge is 0.484 e. The van der Waals surface area contributed by atoms with Crippen molar-refractivity contribution in [2.75, 3.05) is 13.2 Å². The van der Waals surface area contributed by atoms with Gasteiger partial charge in [-0.1, -0.05) is 24.3 Å². The molecule has 0 spiro atoms. The van der Waals surface area contributed by atoms with E-state index in [0.29, 0.717) is 35.8 Å². The second-order valence-electron chi connectivity index (χ2n) is 8.66. The molecule has 204 valence electrons. The predicted molar refractivity (Wildman–Crippen MR) is 142 cm³/mol. The number of benzene rings is 2. The molecule has 3 aromatic rings. The Bertz CT molecular complexity index is 1240. The van der Waals surface area contributed by atoms with Crippen LogP contribution in [0.3, 0.4) is 0 Å². The van der Waals surface area contributed by atoms with Crippen LogP contribution in [0.1, 0.15) is 53.6 Å². The molecular formula is C29H32F3NO4S. The van der Waals surface area contributed by atoms with Gasteiger partial charge in [0.2, 0.25) is 0 Å². The highest BCUT2D eigenvalue weighted by atomic mass is 32.1. The van der Waals surface area contributed by atoms with Crippen molar-refractivity contribution in [3.8, 4) is 16.3 Å². The first-order valence-corrected chi connectivity index (χ1v) is 13.2. The summed E-state index contributed by atoms with van der Waals surface area (Å²) in [5, 5.41) is 0.622. The minimum absolute atomic E-state index is 0.288. The molecule has 2 atom stereocenters. The van der Waals surface area contributed by atoms with E-state index < -0.39 is 17.8 Å². The fourth-order valence-electron chi connectivity index (χ4n) is 3.97. The number of hydrogen-bond acceptors (Lipinski definition) is 6. The molecule has 2 unspecified atom stereocenters. The van der Waals surface area contributed by atoms with E-state index >= 15 is 0 Å². The Hall–Kier alpha value is -3.17. The molecule has 0 saturated carbocycles. The minimum atomic E-state index is -4.39. The molecule has 38 heavy (non-hydrogen) atoms. The number of ether oxygens (including phenoxy) is 3. The zero-order chi connectivity index (χ0) is 27.9. The van der Waals surface area contributed by atoms with Gasteiger partial charge in [-0.25, -0.2) is 9.78 Å². The van der Waals surface area contributed by atoms with Crippen LogP contribution < -0.4 is 4.74 Å². The van der Waals surface area contributed by atoms with Crippen molar-refractivity contribution in [2.45, 2.75) is 58.9 Å². The van der Waals surface area contributed by atoms with Gasteiger partial charge in [-0.2, -0.15) is 13.2 Å². The van der Waals surface area contributed by atoms with Crippen LogP contribution in [0.15, 0.2) is 55.1 Å². The van der Waals surface area contributed by atoms with Crippen LogP contribution >= 0.6 is 11.3 Å². The molecule has 0 amide bonds. The summed E-state index contributed by atoms with van der Waals surface area (Å²) in [5.74, 6) is 0.260. The maximum absolute atomic E-state index is 12.9. The number of nitrogens with zero attached hydrogens (tertiary/aromatic N) is 1. The molecule has 0 radical (unpaired) electrons. The first-order valence-electron chi connectivity index (χ1n) is 12.4. The van der Waals surface area contributed by atoms with E-state index in [1.54, 1.807) is 13.0 Å². The number of thiazole rings is 1. The standard InChI is InChI=1S/C29H32F3NO4S/c1-6-9-24(26-19(5)33-27(38-26)20-10-13-22(14-11-20)29(30,31)32)37-23-15-12-21(18(4)16-23)17-25(35-7-2)28(34)36-8-3/h6,10-16,24-25H,1,7-9,17H2,2-5H3. The monoisotopic (exact) mass is 547 g/mol. The fourth-order valence-corrected chi connectivity index (χ4v) is 5.09. The second-order valence-corrected chi connectivity index (χ2v) is 9.69. The summed E-state index contributed by atoms with van der Waals surface area (Å²) in [6, 6.07) is 10.7. The van der Waals surface area contributed by atoms with Gasteiger partial charge >= 0.3 is 12.1 Å². The van der Waals surface area contributed by atoms with Crippen molar-refractivity contribution in [2.24, 2.45) is 0 Å². The van der Waals surface area contributed by atoms with E-state index in [0.717, 1.165) is 33.8 Å².